The van der Waals surface area contributed by atoms with Crippen LogP contribution in [0.3, 0.4) is 0 Å². The Bertz CT molecular complexity index is 2350. The molecule has 6 atom stereocenters. The number of hydrazine groups is 1. The van der Waals surface area contributed by atoms with Crippen molar-refractivity contribution in [2.75, 3.05) is 10.3 Å². The number of amides is 4. The van der Waals surface area contributed by atoms with E-state index in [0.29, 0.717) is 33.6 Å². The molecule has 0 spiro atoms. The Morgan fingerprint density at radius 2 is 1.65 bits per heavy atom. The van der Waals surface area contributed by atoms with E-state index in [1.807, 2.05) is 0 Å². The molecule has 4 aliphatic rings. The fourth-order valence-electron chi connectivity index (χ4n) is 8.91. The first-order chi connectivity index (χ1) is 26.2. The predicted molar refractivity (Wildman–Crippen MR) is 194 cm³/mol. The highest BCUT2D eigenvalue weighted by atomic mass is 35.5. The first-order valence-electron chi connectivity index (χ1n) is 17.1. The van der Waals surface area contributed by atoms with Crippen LogP contribution in [0.5, 0.6) is 5.75 Å². The number of para-hydroxylation sites is 1. The van der Waals surface area contributed by atoms with Gasteiger partial charge in [-0.25, -0.2) is 9.37 Å². The van der Waals surface area contributed by atoms with E-state index in [2.05, 4.69) is 17.0 Å². The third kappa shape index (κ3) is 5.46. The number of alkyl halides is 3. The third-order valence-corrected chi connectivity index (χ3v) is 11.8. The molecule has 4 amide bonds. The third-order valence-electron chi connectivity index (χ3n) is 11.3. The number of anilines is 2. The maximum absolute atomic E-state index is 15.3. The van der Waals surface area contributed by atoms with Crippen molar-refractivity contribution in [3.05, 3.63) is 135 Å². The van der Waals surface area contributed by atoms with Crippen LogP contribution in [0.25, 0.3) is 6.08 Å². The molecule has 2 aliphatic carbocycles. The highest BCUT2D eigenvalue weighted by molar-refractivity contribution is 6.33. The molecule has 0 bridgehead atoms. The van der Waals surface area contributed by atoms with Crippen molar-refractivity contribution in [3.8, 4) is 5.75 Å². The lowest BCUT2D eigenvalue weighted by Gasteiger charge is -2.50. The molecule has 4 aromatic rings. The lowest BCUT2D eigenvalue weighted by atomic mass is 9.49. The number of hydrogen-bond donors (Lipinski definition) is 2. The molecule has 3 fully saturated rings. The van der Waals surface area contributed by atoms with Gasteiger partial charge in [-0.05, 0) is 66.3 Å². The summed E-state index contributed by atoms with van der Waals surface area (Å²) in [6, 6.07) is 17.1. The second kappa shape index (κ2) is 13.1. The van der Waals surface area contributed by atoms with E-state index < -0.39 is 92.8 Å². The molecule has 0 unspecified atom stereocenters. The second-order valence-corrected chi connectivity index (χ2v) is 14.7. The van der Waals surface area contributed by atoms with E-state index >= 15 is 9.18 Å². The Kier molecular flexibility index (Phi) is 8.65. The number of pyridine rings is 1. The summed E-state index contributed by atoms with van der Waals surface area (Å²) in [5.74, 6) is -10.3. The van der Waals surface area contributed by atoms with Gasteiger partial charge < -0.3 is 5.11 Å². The van der Waals surface area contributed by atoms with Crippen molar-refractivity contribution in [2.24, 2.45) is 23.7 Å². The zero-order valence-corrected chi connectivity index (χ0v) is 29.9. The van der Waals surface area contributed by atoms with Crippen molar-refractivity contribution in [3.63, 3.8) is 0 Å². The number of phenols is 1. The molecular formula is C40H28Cl2F4N4O5. The molecule has 1 saturated carbocycles. The van der Waals surface area contributed by atoms with E-state index in [4.69, 9.17) is 23.2 Å². The number of fused-ring (bicyclic) bond motifs is 4. The first-order valence-corrected chi connectivity index (χ1v) is 17.9. The summed E-state index contributed by atoms with van der Waals surface area (Å²) < 4.78 is 55.7. The average molecular weight is 792 g/mol. The van der Waals surface area contributed by atoms with Crippen LogP contribution in [0.4, 0.5) is 29.1 Å². The fourth-order valence-corrected chi connectivity index (χ4v) is 9.24. The van der Waals surface area contributed by atoms with Crippen LogP contribution in [0.1, 0.15) is 41.0 Å². The van der Waals surface area contributed by atoms with Gasteiger partial charge in [-0.15, -0.1) is 0 Å². The summed E-state index contributed by atoms with van der Waals surface area (Å²) in [6.07, 6.45) is -1.04. The number of nitrogens with zero attached hydrogens (tertiary/aromatic N) is 3. The lowest BCUT2D eigenvalue weighted by molar-refractivity contribution is -0.139. The Morgan fingerprint density at radius 3 is 2.31 bits per heavy atom. The van der Waals surface area contributed by atoms with Crippen LogP contribution >= 0.6 is 23.2 Å². The summed E-state index contributed by atoms with van der Waals surface area (Å²) in [6.45, 7) is 3.74. The van der Waals surface area contributed by atoms with Crippen LogP contribution in [0.2, 0.25) is 10.0 Å². The van der Waals surface area contributed by atoms with Gasteiger partial charge in [0.1, 0.15) is 0 Å². The lowest BCUT2D eigenvalue weighted by Crippen LogP contribution is -2.53. The number of phenolic OH excluding ortho intramolecular Hbond substituents is 1. The molecule has 8 rings (SSSR count). The molecule has 2 N–H and O–H groups in total. The number of benzene rings is 3. The number of allylic oxidation sites excluding steroid dienone is 2. The predicted octanol–water partition coefficient (Wildman–Crippen LogP) is 8.08. The zero-order chi connectivity index (χ0) is 39.1. The van der Waals surface area contributed by atoms with Crippen LogP contribution < -0.4 is 10.3 Å². The van der Waals surface area contributed by atoms with Crippen molar-refractivity contribution in [1.29, 1.82) is 0 Å². The molecule has 3 aromatic carbocycles. The molecule has 3 heterocycles. The van der Waals surface area contributed by atoms with Gasteiger partial charge in [-0.2, -0.15) is 18.2 Å². The highest BCUT2D eigenvalue weighted by Gasteiger charge is 2.71. The fraction of sp³-hybridized carbons (Fsp3) is 0.225. The van der Waals surface area contributed by atoms with E-state index in [9.17, 15) is 32.7 Å². The second-order valence-electron chi connectivity index (χ2n) is 13.9. The van der Waals surface area contributed by atoms with Crippen molar-refractivity contribution in [1.82, 2.24) is 9.99 Å². The number of aromatic hydroxyl groups is 1. The number of aromatic nitrogens is 1. The number of rotatable bonds is 6. The molecular weight excluding hydrogens is 763 g/mol. The van der Waals surface area contributed by atoms with Gasteiger partial charge in [0, 0.05) is 22.7 Å². The summed E-state index contributed by atoms with van der Waals surface area (Å²) >= 11 is 12.5. The molecule has 55 heavy (non-hydrogen) atoms. The summed E-state index contributed by atoms with van der Waals surface area (Å²) in [7, 11) is 0. The van der Waals surface area contributed by atoms with E-state index in [1.54, 1.807) is 36.4 Å². The maximum atomic E-state index is 15.3. The minimum absolute atomic E-state index is 0.0586. The summed E-state index contributed by atoms with van der Waals surface area (Å²) in [4.78, 5) is 63.3. The van der Waals surface area contributed by atoms with Crippen molar-refractivity contribution >= 4 is 64.4 Å². The van der Waals surface area contributed by atoms with Crippen molar-refractivity contribution < 1.29 is 41.8 Å². The maximum Gasteiger partial charge on any atom is 0.417 e. The topological polar surface area (TPSA) is 120 Å². The van der Waals surface area contributed by atoms with Gasteiger partial charge in [0.25, 0.3) is 11.8 Å². The van der Waals surface area contributed by atoms with Crippen LogP contribution in [0, 0.1) is 29.5 Å². The smallest absolute Gasteiger partial charge is 0.417 e. The van der Waals surface area contributed by atoms with E-state index in [-0.39, 0.29) is 24.0 Å². The average Bonchev–Trinajstić information content (AvgIpc) is 3.54. The number of carbonyl (C=O) groups is 4. The van der Waals surface area contributed by atoms with Gasteiger partial charge in [0.2, 0.25) is 11.8 Å². The minimum Gasteiger partial charge on any atom is -0.505 e. The van der Waals surface area contributed by atoms with Crippen LogP contribution in [0.15, 0.2) is 97.2 Å². The molecule has 15 heteroatoms. The molecule has 0 radical (unpaired) electrons. The molecule has 280 valence electrons. The Morgan fingerprint density at radius 1 is 0.945 bits per heavy atom. The molecule has 2 saturated heterocycles. The monoisotopic (exact) mass is 790 g/mol. The number of imide groups is 2. The Balaban J connectivity index is 1.31. The highest BCUT2D eigenvalue weighted by Crippen LogP contribution is 2.65. The molecule has 9 nitrogen and oxygen atoms in total. The SMILES string of the molecule is C=Cc1ccc(N2C(=O)[C@H]3[C@H](CC=C4[C@H]3C[C@H]3C(=O)N(Nc5ncc(C(F)(F)F)cc5Cl)C(=O)[C@@]3(c3ccc(Cl)cc3)[C@H]4c3cccc(F)c3O)C2=O)cc1. The molecule has 2 aliphatic heterocycles. The van der Waals surface area contributed by atoms with E-state index in [1.165, 1.54) is 36.4 Å². The largest absolute Gasteiger partial charge is 0.505 e. The zero-order valence-electron chi connectivity index (χ0n) is 28.4. The van der Waals surface area contributed by atoms with E-state index in [0.717, 1.165) is 16.5 Å². The van der Waals surface area contributed by atoms with Gasteiger partial charge in [0.15, 0.2) is 17.4 Å². The standard InChI is InChI=1S/C40H28Cl2F4N4O5/c1-2-19-6-12-23(13-7-19)49-35(52)25-15-14-24-27(31(25)37(49)54)17-28-36(53)50(48-34-29(42)16-21(18-47-34)40(44,45)46)38(55)39(28,20-8-10-22(41)11-9-20)32(24)26-4-3-5-30(43)33(26)51/h2-14,16,18,25,27-28,31-32,51H,1,15,17H2,(H,47,48)/t25-,27+,28-,31-,32+,39+/m0/s1. The minimum atomic E-state index is -4.78. The Labute approximate surface area is 320 Å². The van der Waals surface area contributed by atoms with Gasteiger partial charge in [-0.1, -0.05) is 83.9 Å². The first kappa shape index (κ1) is 36.4. The van der Waals surface area contributed by atoms with Crippen LogP contribution in [-0.2, 0) is 30.8 Å². The van der Waals surface area contributed by atoms with Crippen LogP contribution in [-0.4, -0.2) is 38.7 Å². The number of carbonyl (C=O) groups excluding carboxylic acids is 4. The quantitative estimate of drug-likeness (QED) is 0.115. The molecule has 1 aromatic heterocycles. The van der Waals surface area contributed by atoms with Gasteiger partial charge in [0.05, 0.1) is 39.4 Å². The normalized spacial score (nSPS) is 26.1. The Hall–Kier alpha value is -5.53. The summed E-state index contributed by atoms with van der Waals surface area (Å²) in [5.41, 5.74) is 1.16. The number of nitrogens with one attached hydrogen (secondary N) is 1. The number of hydrogen-bond acceptors (Lipinski definition) is 7. The number of halogens is 6. The van der Waals surface area contributed by atoms with Gasteiger partial charge in [-0.3, -0.25) is 29.5 Å². The van der Waals surface area contributed by atoms with Gasteiger partial charge >= 0.3 is 6.18 Å². The summed E-state index contributed by atoms with van der Waals surface area (Å²) in [5, 5.41) is 11.7. The van der Waals surface area contributed by atoms with Crippen molar-refractivity contribution in [2.45, 2.75) is 30.4 Å².